The number of halogens is 1. The number of carbonyl (C=O) groups is 2. The molecule has 0 aliphatic carbocycles. The van der Waals surface area contributed by atoms with E-state index in [0.717, 1.165) is 3.57 Å². The Hall–Kier alpha value is -1.31. The van der Waals surface area contributed by atoms with Gasteiger partial charge in [-0.2, -0.15) is 0 Å². The average molecular weight is 348 g/mol. The summed E-state index contributed by atoms with van der Waals surface area (Å²) >= 11 is 2.18. The minimum Gasteiger partial charge on any atom is -0.484 e. The molecular weight excluding hydrogens is 335 g/mol. The van der Waals surface area contributed by atoms with E-state index in [-0.39, 0.29) is 6.61 Å². The Morgan fingerprint density at radius 2 is 1.94 bits per heavy atom. The smallest absolute Gasteiger partial charge is 0.321 e. The summed E-state index contributed by atoms with van der Waals surface area (Å²) in [4.78, 5) is 22.3. The van der Waals surface area contributed by atoms with Crippen LogP contribution in [0.3, 0.4) is 0 Å². The number of rotatable bonds is 4. The lowest BCUT2D eigenvalue weighted by Crippen LogP contribution is -2.41. The van der Waals surface area contributed by atoms with Gasteiger partial charge in [-0.15, -0.1) is 0 Å². The molecule has 1 rings (SSSR count). The van der Waals surface area contributed by atoms with E-state index in [9.17, 15) is 9.59 Å². The summed E-state index contributed by atoms with van der Waals surface area (Å²) in [5.41, 5.74) is 0. The van der Waals surface area contributed by atoms with E-state index >= 15 is 0 Å². The highest BCUT2D eigenvalue weighted by atomic mass is 127. The monoisotopic (exact) mass is 348 g/mol. The van der Waals surface area contributed by atoms with E-state index in [1.54, 1.807) is 19.1 Å². The van der Waals surface area contributed by atoms with Crippen LogP contribution < -0.4 is 15.4 Å². The van der Waals surface area contributed by atoms with Crippen LogP contribution in [0.15, 0.2) is 24.3 Å². The van der Waals surface area contributed by atoms with Gasteiger partial charge in [0.15, 0.2) is 6.61 Å². The molecule has 17 heavy (non-hydrogen) atoms. The van der Waals surface area contributed by atoms with Crippen LogP contribution >= 0.6 is 22.6 Å². The van der Waals surface area contributed by atoms with Gasteiger partial charge >= 0.3 is 6.03 Å². The van der Waals surface area contributed by atoms with Crippen LogP contribution in [0.5, 0.6) is 5.75 Å². The molecule has 0 aromatic heterocycles. The predicted molar refractivity (Wildman–Crippen MR) is 71.9 cm³/mol. The summed E-state index contributed by atoms with van der Waals surface area (Å²) in [6.07, 6.45) is 0. The van der Waals surface area contributed by atoms with Gasteiger partial charge in [-0.05, 0) is 53.8 Å². The quantitative estimate of drug-likeness (QED) is 0.811. The van der Waals surface area contributed by atoms with E-state index in [1.165, 1.54) is 0 Å². The second-order valence-electron chi connectivity index (χ2n) is 3.15. The van der Waals surface area contributed by atoms with Crippen molar-refractivity contribution >= 4 is 34.5 Å². The Labute approximate surface area is 113 Å². The van der Waals surface area contributed by atoms with Crippen LogP contribution in [0.4, 0.5) is 4.79 Å². The SMILES string of the molecule is CCNC(=O)NC(=O)COc1ccc(I)cc1. The lowest BCUT2D eigenvalue weighted by Gasteiger charge is -2.06. The third-order valence-corrected chi connectivity index (χ3v) is 2.49. The fourth-order valence-electron chi connectivity index (χ4n) is 1.05. The molecular formula is C11H13IN2O3. The van der Waals surface area contributed by atoms with Crippen molar-refractivity contribution in [1.29, 1.82) is 0 Å². The molecule has 0 aliphatic heterocycles. The highest BCUT2D eigenvalue weighted by Crippen LogP contribution is 2.12. The maximum absolute atomic E-state index is 11.3. The molecule has 0 atom stereocenters. The number of benzene rings is 1. The molecule has 0 bridgehead atoms. The average Bonchev–Trinajstić information content (AvgIpc) is 2.28. The number of hydrogen-bond acceptors (Lipinski definition) is 3. The molecule has 2 N–H and O–H groups in total. The molecule has 3 amide bonds. The first-order valence-electron chi connectivity index (χ1n) is 5.08. The second kappa shape index (κ2) is 7.10. The van der Waals surface area contributed by atoms with Gasteiger partial charge in [0.05, 0.1) is 0 Å². The van der Waals surface area contributed by atoms with Crippen molar-refractivity contribution in [3.63, 3.8) is 0 Å². The Balaban J connectivity index is 2.33. The number of hydrogen-bond donors (Lipinski definition) is 2. The zero-order valence-electron chi connectivity index (χ0n) is 9.33. The van der Waals surface area contributed by atoms with Gasteiger partial charge in [-0.3, -0.25) is 10.1 Å². The lowest BCUT2D eigenvalue weighted by molar-refractivity contribution is -0.122. The first-order valence-corrected chi connectivity index (χ1v) is 6.15. The summed E-state index contributed by atoms with van der Waals surface area (Å²) in [6.45, 7) is 2.06. The maximum atomic E-state index is 11.3. The van der Waals surface area contributed by atoms with Crippen molar-refractivity contribution in [1.82, 2.24) is 10.6 Å². The molecule has 5 nitrogen and oxygen atoms in total. The highest BCUT2D eigenvalue weighted by molar-refractivity contribution is 14.1. The van der Waals surface area contributed by atoms with Crippen molar-refractivity contribution in [3.05, 3.63) is 27.8 Å². The van der Waals surface area contributed by atoms with Crippen LogP contribution in [0.2, 0.25) is 0 Å². The topological polar surface area (TPSA) is 67.4 Å². The minimum atomic E-state index is -0.510. The molecule has 0 unspecified atom stereocenters. The zero-order chi connectivity index (χ0) is 12.7. The van der Waals surface area contributed by atoms with Crippen molar-refractivity contribution in [2.75, 3.05) is 13.2 Å². The number of carbonyl (C=O) groups excluding carboxylic acids is 2. The first kappa shape index (κ1) is 13.8. The summed E-state index contributed by atoms with van der Waals surface area (Å²) in [7, 11) is 0. The van der Waals surface area contributed by atoms with Gasteiger partial charge in [0.25, 0.3) is 5.91 Å². The standard InChI is InChI=1S/C11H13IN2O3/c1-2-13-11(16)14-10(15)7-17-9-5-3-8(12)4-6-9/h3-6H,2,7H2,1H3,(H2,13,14,15,16). The zero-order valence-corrected chi connectivity index (χ0v) is 11.5. The molecule has 0 aliphatic rings. The second-order valence-corrected chi connectivity index (χ2v) is 4.40. The molecule has 92 valence electrons. The Morgan fingerprint density at radius 3 is 2.53 bits per heavy atom. The number of amides is 3. The van der Waals surface area contributed by atoms with Gasteiger partial charge in [-0.1, -0.05) is 0 Å². The summed E-state index contributed by atoms with van der Waals surface area (Å²) < 4.78 is 6.29. The summed E-state index contributed by atoms with van der Waals surface area (Å²) in [6, 6.07) is 6.76. The predicted octanol–water partition coefficient (Wildman–Crippen LogP) is 1.52. The third-order valence-electron chi connectivity index (χ3n) is 1.77. The van der Waals surface area contributed by atoms with Crippen molar-refractivity contribution in [2.24, 2.45) is 0 Å². The molecule has 1 aromatic rings. The maximum Gasteiger partial charge on any atom is 0.321 e. The highest BCUT2D eigenvalue weighted by Gasteiger charge is 2.06. The molecule has 0 spiro atoms. The van der Waals surface area contributed by atoms with Gasteiger partial charge in [0, 0.05) is 10.1 Å². The van der Waals surface area contributed by atoms with E-state index < -0.39 is 11.9 Å². The number of urea groups is 1. The summed E-state index contributed by atoms with van der Waals surface area (Å²) in [5, 5.41) is 4.60. The van der Waals surface area contributed by atoms with Crippen LogP contribution in [0.25, 0.3) is 0 Å². The van der Waals surface area contributed by atoms with Gasteiger partial charge in [0.2, 0.25) is 0 Å². The summed E-state index contributed by atoms with van der Waals surface area (Å²) in [5.74, 6) is 0.117. The molecule has 6 heteroatoms. The molecule has 0 fully saturated rings. The molecule has 0 saturated carbocycles. The van der Waals surface area contributed by atoms with Crippen molar-refractivity contribution in [3.8, 4) is 5.75 Å². The minimum absolute atomic E-state index is 0.183. The fourth-order valence-corrected chi connectivity index (χ4v) is 1.41. The van der Waals surface area contributed by atoms with Gasteiger partial charge in [-0.25, -0.2) is 4.79 Å². The van der Waals surface area contributed by atoms with Crippen LogP contribution in [-0.4, -0.2) is 25.1 Å². The Bertz CT molecular complexity index is 392. The molecule has 0 saturated heterocycles. The van der Waals surface area contributed by atoms with Crippen molar-refractivity contribution in [2.45, 2.75) is 6.92 Å². The molecule has 1 aromatic carbocycles. The first-order chi connectivity index (χ1) is 8.11. The number of nitrogens with one attached hydrogen (secondary N) is 2. The van der Waals surface area contributed by atoms with E-state index in [4.69, 9.17) is 4.74 Å². The fraction of sp³-hybridized carbons (Fsp3) is 0.273. The van der Waals surface area contributed by atoms with Gasteiger partial charge in [0.1, 0.15) is 5.75 Å². The van der Waals surface area contributed by atoms with E-state index in [1.807, 2.05) is 12.1 Å². The van der Waals surface area contributed by atoms with E-state index in [2.05, 4.69) is 33.2 Å². The Kier molecular flexibility index (Phi) is 5.75. The normalized spacial score (nSPS) is 9.53. The van der Waals surface area contributed by atoms with Crippen LogP contribution in [0, 0.1) is 3.57 Å². The lowest BCUT2D eigenvalue weighted by atomic mass is 10.3. The van der Waals surface area contributed by atoms with Crippen molar-refractivity contribution < 1.29 is 14.3 Å². The molecule has 0 heterocycles. The van der Waals surface area contributed by atoms with Crippen LogP contribution in [-0.2, 0) is 4.79 Å². The largest absolute Gasteiger partial charge is 0.484 e. The van der Waals surface area contributed by atoms with Gasteiger partial charge < -0.3 is 10.1 Å². The number of imide groups is 1. The van der Waals surface area contributed by atoms with Crippen LogP contribution in [0.1, 0.15) is 6.92 Å². The Morgan fingerprint density at radius 1 is 1.29 bits per heavy atom. The third kappa shape index (κ3) is 5.53. The molecule has 0 radical (unpaired) electrons. The number of ether oxygens (including phenoxy) is 1. The van der Waals surface area contributed by atoms with E-state index in [0.29, 0.717) is 12.3 Å².